The van der Waals surface area contributed by atoms with E-state index in [1.807, 2.05) is 24.3 Å². The average Bonchev–Trinajstić information content (AvgIpc) is 2.85. The van der Waals surface area contributed by atoms with Gasteiger partial charge in [-0.3, -0.25) is 0 Å². The fourth-order valence-corrected chi connectivity index (χ4v) is 26.7. The van der Waals surface area contributed by atoms with E-state index in [0.29, 0.717) is 6.42 Å². The molecule has 4 rings (SSSR count). The van der Waals surface area contributed by atoms with Gasteiger partial charge in [0.25, 0.3) is 0 Å². The second-order valence-electron chi connectivity index (χ2n) is 10.4. The zero-order chi connectivity index (χ0) is 21.5. The van der Waals surface area contributed by atoms with E-state index < -0.39 is 18.8 Å². The van der Waals surface area contributed by atoms with Crippen molar-refractivity contribution in [3.63, 3.8) is 0 Å². The molecule has 0 N–H and O–H groups in total. The first-order chi connectivity index (χ1) is 15.2. The van der Waals surface area contributed by atoms with Crippen LogP contribution in [-0.4, -0.2) is 31.9 Å². The van der Waals surface area contributed by atoms with Gasteiger partial charge >= 0.3 is 195 Å². The summed E-state index contributed by atoms with van der Waals surface area (Å²) in [6.07, 6.45) is 20.8. The summed E-state index contributed by atoms with van der Waals surface area (Å²) in [6, 6.07) is 7.98. The molecule has 0 spiro atoms. The van der Waals surface area contributed by atoms with E-state index >= 15 is 0 Å². The average molecular weight is 533 g/mol. The number of methoxy groups -OCH3 is 1. The Labute approximate surface area is 194 Å². The summed E-state index contributed by atoms with van der Waals surface area (Å²) in [7, 11) is 1.69. The molecule has 3 aliphatic carbocycles. The molecule has 0 bridgehead atoms. The van der Waals surface area contributed by atoms with E-state index in [1.54, 1.807) is 7.11 Å². The van der Waals surface area contributed by atoms with E-state index in [-0.39, 0.29) is 5.97 Å². The minimum absolute atomic E-state index is 0.0858. The molecule has 0 radical (unpaired) electrons. The Hall–Kier alpha value is -0.711. The van der Waals surface area contributed by atoms with Crippen LogP contribution in [0.25, 0.3) is 0 Å². The van der Waals surface area contributed by atoms with Crippen molar-refractivity contribution in [2.24, 2.45) is 0 Å². The van der Waals surface area contributed by atoms with Crippen molar-refractivity contribution in [1.29, 1.82) is 0 Å². The van der Waals surface area contributed by atoms with Crippen LogP contribution < -0.4 is 4.74 Å². The molecule has 1 aromatic rings. The fourth-order valence-electron chi connectivity index (χ4n) is 7.05. The maximum absolute atomic E-state index is 13.5. The van der Waals surface area contributed by atoms with Crippen LogP contribution in [0.5, 0.6) is 5.75 Å². The Kier molecular flexibility index (Phi) is 8.64. The zero-order valence-corrected chi connectivity index (χ0v) is 22.4. The Bertz CT molecular complexity index is 637. The normalized spacial score (nSPS) is 22.2. The molecule has 172 valence electrons. The molecule has 4 heteroatoms. The van der Waals surface area contributed by atoms with Crippen LogP contribution in [0.4, 0.5) is 0 Å². The molecule has 31 heavy (non-hydrogen) atoms. The van der Waals surface area contributed by atoms with Gasteiger partial charge in [0.1, 0.15) is 0 Å². The number of rotatable bonds is 7. The van der Waals surface area contributed by atoms with Gasteiger partial charge in [-0.15, -0.1) is 0 Å². The molecule has 0 atom stereocenters. The molecular formula is C27H42O3Sn. The van der Waals surface area contributed by atoms with E-state index in [0.717, 1.165) is 23.1 Å². The van der Waals surface area contributed by atoms with Gasteiger partial charge in [0.15, 0.2) is 0 Å². The van der Waals surface area contributed by atoms with Crippen LogP contribution in [0.2, 0.25) is 11.8 Å². The number of hydrogen-bond donors (Lipinski definition) is 0. The van der Waals surface area contributed by atoms with Gasteiger partial charge in [-0.05, 0) is 0 Å². The summed E-state index contributed by atoms with van der Waals surface area (Å²) in [4.78, 5) is 13.5. The standard InChI is InChI=1S/C9H10O3.3C6H11.Sn/c1-12-8-4-2-7(3-5-8)6-9(10)11;3*1-2-4-6-5-3-1;/h2-5H,6H2,1H3,(H,10,11);3*1H,2-6H2;/q;;;;+1/p-1. The summed E-state index contributed by atoms with van der Waals surface area (Å²) >= 11 is -3.22. The van der Waals surface area contributed by atoms with Crippen molar-refractivity contribution in [3.05, 3.63) is 29.8 Å². The van der Waals surface area contributed by atoms with E-state index in [9.17, 15) is 4.79 Å². The predicted molar refractivity (Wildman–Crippen MR) is 129 cm³/mol. The van der Waals surface area contributed by atoms with Crippen LogP contribution in [0.1, 0.15) is 102 Å². The van der Waals surface area contributed by atoms with Gasteiger partial charge in [0.05, 0.1) is 0 Å². The molecule has 3 fully saturated rings. The number of carbonyl (C=O) groups excluding carboxylic acids is 1. The van der Waals surface area contributed by atoms with Gasteiger partial charge < -0.3 is 0 Å². The first kappa shape index (κ1) is 23.4. The molecule has 3 saturated carbocycles. The number of hydrogen-bond acceptors (Lipinski definition) is 3. The molecule has 0 unspecified atom stereocenters. The quantitative estimate of drug-likeness (QED) is 0.337. The van der Waals surface area contributed by atoms with Gasteiger partial charge in [-0.1, -0.05) is 0 Å². The van der Waals surface area contributed by atoms with Crippen molar-refractivity contribution in [2.75, 3.05) is 7.11 Å². The summed E-state index contributed by atoms with van der Waals surface area (Å²) in [5, 5.41) is 0. The second-order valence-corrected chi connectivity index (χ2v) is 22.8. The number of carbonyl (C=O) groups is 1. The molecule has 1 aromatic carbocycles. The van der Waals surface area contributed by atoms with Crippen molar-refractivity contribution in [3.8, 4) is 5.75 Å². The Morgan fingerprint density at radius 2 is 1.16 bits per heavy atom. The third-order valence-electron chi connectivity index (χ3n) is 8.53. The third-order valence-corrected chi connectivity index (χ3v) is 26.1. The second kappa shape index (κ2) is 11.4. The third kappa shape index (κ3) is 5.62. The van der Waals surface area contributed by atoms with Crippen LogP contribution in [-0.2, 0) is 14.3 Å². The monoisotopic (exact) mass is 534 g/mol. The molecule has 0 heterocycles. The number of benzene rings is 1. The van der Waals surface area contributed by atoms with Crippen LogP contribution >= 0.6 is 0 Å². The van der Waals surface area contributed by atoms with Crippen molar-refractivity contribution in [1.82, 2.24) is 0 Å². The Balaban J connectivity index is 1.60. The first-order valence-corrected chi connectivity index (χ1v) is 19.2. The van der Waals surface area contributed by atoms with Gasteiger partial charge in [-0.2, -0.15) is 0 Å². The Morgan fingerprint density at radius 3 is 1.55 bits per heavy atom. The fraction of sp³-hybridized carbons (Fsp3) is 0.741. The van der Waals surface area contributed by atoms with E-state index in [1.165, 1.54) is 96.3 Å². The van der Waals surface area contributed by atoms with Crippen molar-refractivity contribution in [2.45, 2.75) is 115 Å². The zero-order valence-electron chi connectivity index (χ0n) is 19.6. The van der Waals surface area contributed by atoms with Gasteiger partial charge in [-0.25, -0.2) is 0 Å². The maximum atomic E-state index is 13.5. The molecule has 3 nitrogen and oxygen atoms in total. The van der Waals surface area contributed by atoms with Crippen LogP contribution in [0.3, 0.4) is 0 Å². The molecule has 0 aromatic heterocycles. The van der Waals surface area contributed by atoms with E-state index in [2.05, 4.69) is 0 Å². The van der Waals surface area contributed by atoms with Crippen LogP contribution in [0.15, 0.2) is 24.3 Å². The molecule has 0 aliphatic heterocycles. The summed E-state index contributed by atoms with van der Waals surface area (Å²) < 4.78 is 14.7. The van der Waals surface area contributed by atoms with Crippen LogP contribution in [0, 0.1) is 0 Å². The topological polar surface area (TPSA) is 35.5 Å². The minimum atomic E-state index is -3.22. The van der Waals surface area contributed by atoms with Gasteiger partial charge in [0.2, 0.25) is 0 Å². The SMILES string of the molecule is COc1ccc(CC(=O)[O][Sn]([CH]2CCCCC2)([CH]2CCCCC2)[CH]2CCCCC2)cc1. The predicted octanol–water partition coefficient (Wildman–Crippen LogP) is 7.73. The van der Waals surface area contributed by atoms with Crippen molar-refractivity contribution >= 4 is 24.8 Å². The Morgan fingerprint density at radius 1 is 0.742 bits per heavy atom. The molecule has 3 aliphatic rings. The van der Waals surface area contributed by atoms with Gasteiger partial charge in [0, 0.05) is 0 Å². The molecular weight excluding hydrogens is 491 g/mol. The molecule has 0 saturated heterocycles. The van der Waals surface area contributed by atoms with E-state index in [4.69, 9.17) is 7.81 Å². The summed E-state index contributed by atoms with van der Waals surface area (Å²) in [5.74, 6) is 0.931. The summed E-state index contributed by atoms with van der Waals surface area (Å²) in [5.41, 5.74) is 1.06. The summed E-state index contributed by atoms with van der Waals surface area (Å²) in [6.45, 7) is 0. The molecule has 0 amide bonds. The van der Waals surface area contributed by atoms with Crippen molar-refractivity contribution < 1.29 is 12.6 Å². The first-order valence-electron chi connectivity index (χ1n) is 13.1. The number of ether oxygens (including phenoxy) is 1.